The SMILES string of the molecule is O=c1sc2cc(-c3ccc(F)cc3F)ccc2n1CC1CC1(F)F. The maximum absolute atomic E-state index is 13.9. The van der Waals surface area contributed by atoms with Crippen LogP contribution in [-0.4, -0.2) is 10.5 Å². The molecule has 1 atom stereocenters. The Morgan fingerprint density at radius 3 is 2.58 bits per heavy atom. The lowest BCUT2D eigenvalue weighted by molar-refractivity contribution is 0.0953. The van der Waals surface area contributed by atoms with Gasteiger partial charge in [0, 0.05) is 30.5 Å². The van der Waals surface area contributed by atoms with Gasteiger partial charge < -0.3 is 0 Å². The second-order valence-electron chi connectivity index (χ2n) is 5.95. The molecule has 0 aliphatic heterocycles. The van der Waals surface area contributed by atoms with Crippen LogP contribution in [-0.2, 0) is 6.54 Å². The van der Waals surface area contributed by atoms with Crippen molar-refractivity contribution in [3.05, 3.63) is 57.7 Å². The summed E-state index contributed by atoms with van der Waals surface area (Å²) in [5.41, 5.74) is 1.28. The Morgan fingerprint density at radius 1 is 1.17 bits per heavy atom. The summed E-state index contributed by atoms with van der Waals surface area (Å²) >= 11 is 0.932. The van der Waals surface area contributed by atoms with E-state index in [2.05, 4.69) is 0 Å². The summed E-state index contributed by atoms with van der Waals surface area (Å²) in [5, 5.41) is 0. The number of aromatic nitrogens is 1. The van der Waals surface area contributed by atoms with Crippen molar-refractivity contribution in [2.45, 2.75) is 18.9 Å². The first kappa shape index (κ1) is 15.4. The first-order valence-corrected chi connectivity index (χ1v) is 8.13. The van der Waals surface area contributed by atoms with Crippen LogP contribution in [0.1, 0.15) is 6.42 Å². The lowest BCUT2D eigenvalue weighted by Gasteiger charge is -2.06. The molecule has 0 amide bonds. The quantitative estimate of drug-likeness (QED) is 0.628. The Balaban J connectivity index is 1.76. The predicted octanol–water partition coefficient (Wildman–Crippen LogP) is 4.66. The van der Waals surface area contributed by atoms with Gasteiger partial charge in [0.15, 0.2) is 0 Å². The number of rotatable bonds is 3. The van der Waals surface area contributed by atoms with Crippen LogP contribution in [0.5, 0.6) is 0 Å². The van der Waals surface area contributed by atoms with Crippen LogP contribution in [0.15, 0.2) is 41.2 Å². The molecular weight excluding hydrogens is 342 g/mol. The van der Waals surface area contributed by atoms with Gasteiger partial charge in [-0.05, 0) is 29.8 Å². The van der Waals surface area contributed by atoms with Crippen LogP contribution in [0.4, 0.5) is 17.6 Å². The van der Waals surface area contributed by atoms with Crippen LogP contribution in [0.25, 0.3) is 21.3 Å². The summed E-state index contributed by atoms with van der Waals surface area (Å²) in [6.07, 6.45) is -0.199. The molecule has 1 saturated carbocycles. The Morgan fingerprint density at radius 2 is 1.92 bits per heavy atom. The molecule has 1 aliphatic rings. The van der Waals surface area contributed by atoms with E-state index in [1.165, 1.54) is 10.6 Å². The van der Waals surface area contributed by atoms with E-state index in [1.807, 2.05) is 0 Å². The van der Waals surface area contributed by atoms with Gasteiger partial charge in [-0.25, -0.2) is 17.6 Å². The van der Waals surface area contributed by atoms with Crippen molar-refractivity contribution < 1.29 is 17.6 Å². The van der Waals surface area contributed by atoms with Crippen LogP contribution < -0.4 is 4.87 Å². The molecule has 0 spiro atoms. The Kier molecular flexibility index (Phi) is 3.32. The average Bonchev–Trinajstić information content (AvgIpc) is 2.98. The normalized spacial score (nSPS) is 18.9. The van der Waals surface area contributed by atoms with E-state index in [1.54, 1.807) is 18.2 Å². The number of hydrogen-bond donors (Lipinski definition) is 0. The maximum Gasteiger partial charge on any atom is 0.308 e. The van der Waals surface area contributed by atoms with Gasteiger partial charge in [0.05, 0.1) is 10.2 Å². The van der Waals surface area contributed by atoms with Crippen molar-refractivity contribution in [2.75, 3.05) is 0 Å². The highest BCUT2D eigenvalue weighted by Crippen LogP contribution is 2.49. The molecule has 0 saturated heterocycles. The third kappa shape index (κ3) is 2.53. The van der Waals surface area contributed by atoms with E-state index in [0.717, 1.165) is 23.5 Å². The van der Waals surface area contributed by atoms with Crippen molar-refractivity contribution in [3.8, 4) is 11.1 Å². The van der Waals surface area contributed by atoms with Gasteiger partial charge in [-0.15, -0.1) is 0 Å². The largest absolute Gasteiger partial charge is 0.308 e. The molecule has 24 heavy (non-hydrogen) atoms. The lowest BCUT2D eigenvalue weighted by atomic mass is 10.0. The van der Waals surface area contributed by atoms with Crippen LogP contribution in [0.3, 0.4) is 0 Å². The number of benzene rings is 2. The second-order valence-corrected chi connectivity index (χ2v) is 6.94. The molecule has 2 nitrogen and oxygen atoms in total. The van der Waals surface area contributed by atoms with Crippen molar-refractivity contribution in [1.82, 2.24) is 4.57 Å². The minimum Gasteiger partial charge on any atom is -0.298 e. The zero-order valence-corrected chi connectivity index (χ0v) is 13.0. The monoisotopic (exact) mass is 353 g/mol. The lowest BCUT2D eigenvalue weighted by Crippen LogP contribution is -2.15. The highest BCUT2D eigenvalue weighted by atomic mass is 32.1. The molecule has 1 fully saturated rings. The summed E-state index contributed by atoms with van der Waals surface area (Å²) < 4.78 is 55.0. The van der Waals surface area contributed by atoms with Gasteiger partial charge in [-0.2, -0.15) is 0 Å². The summed E-state index contributed by atoms with van der Waals surface area (Å²) in [6, 6.07) is 8.13. The van der Waals surface area contributed by atoms with Crippen molar-refractivity contribution in [3.63, 3.8) is 0 Å². The van der Waals surface area contributed by atoms with Gasteiger partial charge in [-0.3, -0.25) is 9.36 Å². The molecule has 124 valence electrons. The molecule has 4 rings (SSSR count). The van der Waals surface area contributed by atoms with Gasteiger partial charge in [0.1, 0.15) is 11.6 Å². The number of nitrogens with zero attached hydrogens (tertiary/aromatic N) is 1. The third-order valence-corrected chi connectivity index (χ3v) is 5.21. The first-order valence-electron chi connectivity index (χ1n) is 7.32. The molecule has 1 unspecified atom stereocenters. The Hall–Kier alpha value is -2.15. The minimum absolute atomic E-state index is 0.0178. The summed E-state index contributed by atoms with van der Waals surface area (Å²) in [4.78, 5) is 11.8. The fourth-order valence-electron chi connectivity index (χ4n) is 2.82. The van der Waals surface area contributed by atoms with E-state index in [4.69, 9.17) is 0 Å². The first-order chi connectivity index (χ1) is 11.3. The van der Waals surface area contributed by atoms with Gasteiger partial charge in [-0.1, -0.05) is 17.4 Å². The van der Waals surface area contributed by atoms with Crippen molar-refractivity contribution >= 4 is 21.6 Å². The fourth-order valence-corrected chi connectivity index (χ4v) is 3.76. The van der Waals surface area contributed by atoms with Gasteiger partial charge in [0.25, 0.3) is 5.92 Å². The molecule has 1 aromatic heterocycles. The third-order valence-electron chi connectivity index (χ3n) is 4.27. The van der Waals surface area contributed by atoms with Crippen LogP contribution in [0, 0.1) is 17.6 Å². The Labute approximate surface area is 138 Å². The molecule has 0 bridgehead atoms. The average molecular weight is 353 g/mol. The zero-order valence-electron chi connectivity index (χ0n) is 12.2. The topological polar surface area (TPSA) is 22.0 Å². The molecular formula is C17H11F4NOS. The molecule has 1 aliphatic carbocycles. The van der Waals surface area contributed by atoms with E-state index in [0.29, 0.717) is 15.8 Å². The van der Waals surface area contributed by atoms with Crippen LogP contribution >= 0.6 is 11.3 Å². The highest BCUT2D eigenvalue weighted by Gasteiger charge is 2.56. The molecule has 3 aromatic rings. The summed E-state index contributed by atoms with van der Waals surface area (Å²) in [6.45, 7) is -0.0178. The fraction of sp³-hybridized carbons (Fsp3) is 0.235. The molecule has 0 N–H and O–H groups in total. The van der Waals surface area contributed by atoms with E-state index in [-0.39, 0.29) is 23.4 Å². The van der Waals surface area contributed by atoms with E-state index in [9.17, 15) is 22.4 Å². The van der Waals surface area contributed by atoms with E-state index >= 15 is 0 Å². The highest BCUT2D eigenvalue weighted by molar-refractivity contribution is 7.16. The summed E-state index contributed by atoms with van der Waals surface area (Å²) in [7, 11) is 0. The number of hydrogen-bond acceptors (Lipinski definition) is 2. The molecule has 2 aromatic carbocycles. The maximum atomic E-state index is 13.9. The number of halogens is 4. The smallest absolute Gasteiger partial charge is 0.298 e. The molecule has 7 heteroatoms. The predicted molar refractivity (Wildman–Crippen MR) is 84.5 cm³/mol. The molecule has 0 radical (unpaired) electrons. The second kappa shape index (κ2) is 5.17. The van der Waals surface area contributed by atoms with Crippen molar-refractivity contribution in [2.24, 2.45) is 5.92 Å². The summed E-state index contributed by atoms with van der Waals surface area (Å²) in [5.74, 6) is -4.86. The van der Waals surface area contributed by atoms with Gasteiger partial charge >= 0.3 is 4.87 Å². The Bertz CT molecular complexity index is 1010. The number of fused-ring (bicyclic) bond motifs is 1. The number of alkyl halides is 2. The van der Waals surface area contributed by atoms with E-state index < -0.39 is 23.5 Å². The molecule has 1 heterocycles. The number of thiazole rings is 1. The zero-order chi connectivity index (χ0) is 17.1. The standard InChI is InChI=1S/C17H11F4NOS/c18-11-2-3-12(13(19)6-11)9-1-4-14-15(5-9)24-16(23)22(14)8-10-7-17(10,20)21/h1-6,10H,7-8H2. The van der Waals surface area contributed by atoms with Crippen LogP contribution in [0.2, 0.25) is 0 Å². The minimum atomic E-state index is -2.69. The van der Waals surface area contributed by atoms with Crippen molar-refractivity contribution in [1.29, 1.82) is 0 Å². The van der Waals surface area contributed by atoms with Gasteiger partial charge in [0.2, 0.25) is 0 Å².